The van der Waals surface area contributed by atoms with Gasteiger partial charge in [-0.25, -0.2) is 0 Å². The lowest BCUT2D eigenvalue weighted by Gasteiger charge is -2.09. The van der Waals surface area contributed by atoms with Crippen molar-refractivity contribution in [2.75, 3.05) is 18.5 Å². The van der Waals surface area contributed by atoms with Gasteiger partial charge in [-0.2, -0.15) is 0 Å². The zero-order chi connectivity index (χ0) is 21.3. The number of para-hydroxylation sites is 2. The molecule has 2 amide bonds. The number of nitrogens with one attached hydrogen (secondary N) is 2. The Bertz CT molecular complexity index is 1070. The van der Waals surface area contributed by atoms with Crippen LogP contribution < -0.4 is 10.6 Å². The third-order valence-corrected chi connectivity index (χ3v) is 4.89. The van der Waals surface area contributed by atoms with Crippen molar-refractivity contribution in [1.82, 2.24) is 10.3 Å². The molecule has 0 saturated heterocycles. The smallest absolute Gasteiger partial charge is 0.306 e. The topological polar surface area (TPSA) is 97.4 Å². The first kappa shape index (κ1) is 21.4. The van der Waals surface area contributed by atoms with Gasteiger partial charge in [0.15, 0.2) is 6.61 Å². The molecule has 0 saturated carbocycles. The molecule has 8 heteroatoms. The summed E-state index contributed by atoms with van der Waals surface area (Å²) in [6.45, 7) is -0.662. The van der Waals surface area contributed by atoms with Crippen molar-refractivity contribution in [2.45, 2.75) is 12.8 Å². The van der Waals surface area contributed by atoms with E-state index in [-0.39, 0.29) is 18.9 Å². The second-order valence-corrected chi connectivity index (χ2v) is 7.32. The summed E-state index contributed by atoms with van der Waals surface area (Å²) in [6, 6.07) is 18.7. The van der Waals surface area contributed by atoms with E-state index in [4.69, 9.17) is 4.74 Å². The number of pyridine rings is 1. The van der Waals surface area contributed by atoms with E-state index >= 15 is 0 Å². The van der Waals surface area contributed by atoms with Crippen LogP contribution in [0.2, 0.25) is 0 Å². The molecule has 0 radical (unpaired) electrons. The quantitative estimate of drug-likeness (QED) is 0.493. The van der Waals surface area contributed by atoms with E-state index in [2.05, 4.69) is 31.5 Å². The fourth-order valence-corrected chi connectivity index (χ4v) is 3.07. The van der Waals surface area contributed by atoms with Crippen molar-refractivity contribution in [2.24, 2.45) is 0 Å². The van der Waals surface area contributed by atoms with Crippen LogP contribution in [0.3, 0.4) is 0 Å². The Labute approximate surface area is 182 Å². The molecular formula is C22H20BrN3O4. The fraction of sp³-hybridized carbons (Fsp3) is 0.182. The maximum Gasteiger partial charge on any atom is 0.306 e. The molecule has 0 aliphatic carbocycles. The molecule has 2 N–H and O–H groups in total. The molecule has 0 aliphatic rings. The van der Waals surface area contributed by atoms with E-state index in [1.165, 1.54) is 0 Å². The van der Waals surface area contributed by atoms with Crippen LogP contribution in [0.25, 0.3) is 10.9 Å². The first-order valence-electron chi connectivity index (χ1n) is 9.32. The van der Waals surface area contributed by atoms with Gasteiger partial charge in [-0.3, -0.25) is 19.4 Å². The number of nitrogens with zero attached hydrogens (tertiary/aromatic N) is 1. The third-order valence-electron chi connectivity index (χ3n) is 4.20. The Morgan fingerprint density at radius 1 is 0.933 bits per heavy atom. The lowest BCUT2D eigenvalue weighted by molar-refractivity contribution is -0.148. The lowest BCUT2D eigenvalue weighted by atomic mass is 10.1. The maximum atomic E-state index is 11.9. The number of halogens is 1. The Morgan fingerprint density at radius 2 is 1.70 bits per heavy atom. The van der Waals surface area contributed by atoms with Crippen LogP contribution in [-0.2, 0) is 25.5 Å². The van der Waals surface area contributed by atoms with Crippen molar-refractivity contribution in [1.29, 1.82) is 0 Å². The minimum atomic E-state index is -0.547. The van der Waals surface area contributed by atoms with Gasteiger partial charge < -0.3 is 15.4 Å². The highest BCUT2D eigenvalue weighted by Crippen LogP contribution is 2.20. The molecular weight excluding hydrogens is 450 g/mol. The lowest BCUT2D eigenvalue weighted by Crippen LogP contribution is -2.35. The zero-order valence-electron chi connectivity index (χ0n) is 16.1. The molecule has 3 aromatic rings. The minimum absolute atomic E-state index is 0.112. The molecule has 2 aromatic carbocycles. The number of esters is 1. The van der Waals surface area contributed by atoms with E-state index in [1.807, 2.05) is 42.5 Å². The van der Waals surface area contributed by atoms with E-state index < -0.39 is 18.5 Å². The summed E-state index contributed by atoms with van der Waals surface area (Å²) in [6.07, 6.45) is 0.529. The molecule has 0 fully saturated rings. The van der Waals surface area contributed by atoms with Crippen molar-refractivity contribution in [3.8, 4) is 0 Å². The third kappa shape index (κ3) is 6.38. The molecule has 3 rings (SSSR count). The highest BCUT2D eigenvalue weighted by molar-refractivity contribution is 9.10. The number of hydrogen-bond donors (Lipinski definition) is 2. The molecule has 30 heavy (non-hydrogen) atoms. The minimum Gasteiger partial charge on any atom is -0.456 e. The molecule has 0 atom stereocenters. The number of carbonyl (C=O) groups excluding carboxylic acids is 3. The first-order chi connectivity index (χ1) is 14.5. The number of fused-ring (bicyclic) bond motifs is 1. The van der Waals surface area contributed by atoms with Crippen LogP contribution in [-0.4, -0.2) is 35.9 Å². The predicted molar refractivity (Wildman–Crippen MR) is 117 cm³/mol. The van der Waals surface area contributed by atoms with E-state index in [0.717, 1.165) is 21.1 Å². The molecule has 1 heterocycles. The van der Waals surface area contributed by atoms with Crippen molar-refractivity contribution in [3.05, 3.63) is 70.8 Å². The second kappa shape index (κ2) is 10.5. The number of carbonyl (C=O) groups is 3. The van der Waals surface area contributed by atoms with Crippen molar-refractivity contribution >= 4 is 50.3 Å². The standard InChI is InChI=1S/C22H20BrN3O4/c23-17-6-2-4-8-19(17)26-20(27)13-24-21(28)14-30-22(29)12-11-16-10-9-15-5-1-3-7-18(15)25-16/h1-10H,11-14H2,(H,24,28)(H,26,27). The highest BCUT2D eigenvalue weighted by atomic mass is 79.9. The van der Waals surface area contributed by atoms with Gasteiger partial charge in [0.1, 0.15) is 0 Å². The number of benzene rings is 2. The van der Waals surface area contributed by atoms with Crippen LogP contribution in [0.5, 0.6) is 0 Å². The van der Waals surface area contributed by atoms with Gasteiger partial charge >= 0.3 is 5.97 Å². The van der Waals surface area contributed by atoms with Gasteiger partial charge in [0, 0.05) is 22.0 Å². The largest absolute Gasteiger partial charge is 0.456 e. The number of hydrogen-bond acceptors (Lipinski definition) is 5. The Balaban J connectivity index is 1.36. The summed E-state index contributed by atoms with van der Waals surface area (Å²) in [5.74, 6) is -1.43. The second-order valence-electron chi connectivity index (χ2n) is 6.46. The maximum absolute atomic E-state index is 11.9. The van der Waals surface area contributed by atoms with Crippen LogP contribution in [0.1, 0.15) is 12.1 Å². The van der Waals surface area contributed by atoms with Gasteiger partial charge in [-0.05, 0) is 40.2 Å². The number of ether oxygens (including phenoxy) is 1. The molecule has 1 aromatic heterocycles. The Morgan fingerprint density at radius 3 is 2.53 bits per heavy atom. The molecule has 0 unspecified atom stereocenters. The van der Waals surface area contributed by atoms with Crippen LogP contribution in [0.4, 0.5) is 5.69 Å². The number of rotatable bonds is 8. The molecule has 0 spiro atoms. The summed E-state index contributed by atoms with van der Waals surface area (Å²) < 4.78 is 5.70. The van der Waals surface area contributed by atoms with E-state index in [9.17, 15) is 14.4 Å². The van der Waals surface area contributed by atoms with Gasteiger partial charge in [-0.1, -0.05) is 36.4 Å². The van der Waals surface area contributed by atoms with Gasteiger partial charge in [-0.15, -0.1) is 0 Å². The average Bonchev–Trinajstić information content (AvgIpc) is 2.76. The van der Waals surface area contributed by atoms with Crippen LogP contribution in [0, 0.1) is 0 Å². The summed E-state index contributed by atoms with van der Waals surface area (Å²) in [5, 5.41) is 6.11. The SMILES string of the molecule is O=C(COC(=O)CCc1ccc2ccccc2n1)NCC(=O)Nc1ccccc1Br. The van der Waals surface area contributed by atoms with Crippen LogP contribution in [0.15, 0.2) is 65.1 Å². The summed E-state index contributed by atoms with van der Waals surface area (Å²) in [4.78, 5) is 40.1. The van der Waals surface area contributed by atoms with Gasteiger partial charge in [0.25, 0.3) is 5.91 Å². The average molecular weight is 470 g/mol. The van der Waals surface area contributed by atoms with E-state index in [1.54, 1.807) is 18.2 Å². The number of aromatic nitrogens is 1. The fourth-order valence-electron chi connectivity index (χ4n) is 2.68. The normalized spacial score (nSPS) is 10.4. The molecule has 7 nitrogen and oxygen atoms in total. The Hall–Kier alpha value is -3.26. The monoisotopic (exact) mass is 469 g/mol. The zero-order valence-corrected chi connectivity index (χ0v) is 17.6. The Kier molecular flexibility index (Phi) is 7.51. The molecule has 0 aliphatic heterocycles. The number of amides is 2. The molecule has 0 bridgehead atoms. The van der Waals surface area contributed by atoms with Crippen molar-refractivity contribution < 1.29 is 19.1 Å². The summed E-state index contributed by atoms with van der Waals surface area (Å²) >= 11 is 3.32. The highest BCUT2D eigenvalue weighted by Gasteiger charge is 2.11. The number of anilines is 1. The van der Waals surface area contributed by atoms with Crippen molar-refractivity contribution in [3.63, 3.8) is 0 Å². The van der Waals surface area contributed by atoms with Gasteiger partial charge in [0.2, 0.25) is 5.91 Å². The van der Waals surface area contributed by atoms with E-state index in [0.29, 0.717) is 12.1 Å². The summed E-state index contributed by atoms with van der Waals surface area (Å²) in [5.41, 5.74) is 2.24. The van der Waals surface area contributed by atoms with Crippen LogP contribution >= 0.6 is 15.9 Å². The molecule has 154 valence electrons. The summed E-state index contributed by atoms with van der Waals surface area (Å²) in [7, 11) is 0. The number of aryl methyl sites for hydroxylation is 1. The van der Waals surface area contributed by atoms with Gasteiger partial charge in [0.05, 0.1) is 24.2 Å². The predicted octanol–water partition coefficient (Wildman–Crippen LogP) is 3.23. The first-order valence-corrected chi connectivity index (χ1v) is 10.1.